The van der Waals surface area contributed by atoms with Gasteiger partial charge in [-0.3, -0.25) is 19.2 Å². The van der Waals surface area contributed by atoms with Crippen molar-refractivity contribution in [3.05, 3.63) is 47.6 Å². The molecule has 0 aromatic heterocycles. The Bertz CT molecular complexity index is 1860. The summed E-state index contributed by atoms with van der Waals surface area (Å²) in [5.41, 5.74) is 7.69. The molecule has 67 heavy (non-hydrogen) atoms. The van der Waals surface area contributed by atoms with Crippen LogP contribution in [0.25, 0.3) is 0 Å². The highest BCUT2D eigenvalue weighted by Crippen LogP contribution is 2.37. The smallest absolute Gasteiger partial charge is 0.407 e. The molecule has 17 nitrogen and oxygen atoms in total. The van der Waals surface area contributed by atoms with E-state index < -0.39 is 114 Å². The van der Waals surface area contributed by atoms with Gasteiger partial charge in [-0.15, -0.1) is 0 Å². The van der Waals surface area contributed by atoms with Crippen LogP contribution in [0, 0.1) is 29.6 Å². The highest BCUT2D eigenvalue weighted by molar-refractivity contribution is 6.39. The number of hydrogen-bond acceptors (Lipinski definition) is 15. The second kappa shape index (κ2) is 25.5. The normalized spacial score (nSPS) is 38.1. The molecule has 2 bridgehead atoms. The van der Waals surface area contributed by atoms with Crippen molar-refractivity contribution < 1.29 is 68.1 Å². The largest absolute Gasteiger partial charge is 0.459 e. The number of rotatable bonds is 5. The summed E-state index contributed by atoms with van der Waals surface area (Å²) in [4.78, 5) is 83.7. The van der Waals surface area contributed by atoms with Gasteiger partial charge in [-0.25, -0.2) is 9.59 Å². The number of carbonyl (C=O) groups excluding carboxylic acids is 6. The number of alkyl carbamates (subject to hydrolysis) is 1. The first kappa shape index (κ1) is 55.5. The topological polar surface area (TPSA) is 262 Å². The number of nitrogens with one attached hydrogen (secondary N) is 1. The molecule has 0 aromatic carbocycles. The average Bonchev–Trinajstić information content (AvgIpc) is 3.30. The van der Waals surface area contributed by atoms with Gasteiger partial charge in [0.15, 0.2) is 5.78 Å². The lowest BCUT2D eigenvalue weighted by atomic mass is 9.80. The Morgan fingerprint density at radius 3 is 2.31 bits per heavy atom. The first-order valence-corrected chi connectivity index (χ1v) is 24.0. The molecule has 17 heteroatoms. The van der Waals surface area contributed by atoms with Crippen molar-refractivity contribution in [2.75, 3.05) is 20.8 Å². The maximum atomic E-state index is 14.3. The Morgan fingerprint density at radius 1 is 0.910 bits per heavy atom. The number of piperidine rings is 1. The van der Waals surface area contributed by atoms with Gasteiger partial charge in [0.25, 0.3) is 11.7 Å². The minimum Gasteiger partial charge on any atom is -0.459 e. The van der Waals surface area contributed by atoms with Crippen LogP contribution in [0.15, 0.2) is 47.6 Å². The van der Waals surface area contributed by atoms with Gasteiger partial charge in [-0.05, 0) is 102 Å². The van der Waals surface area contributed by atoms with Gasteiger partial charge in [0.1, 0.15) is 30.1 Å². The van der Waals surface area contributed by atoms with Crippen LogP contribution in [0.4, 0.5) is 4.79 Å². The molecule has 1 saturated carbocycles. The number of Topliss-reactive ketones (excluding diaryl/α,β-unsaturated/α-hetero) is 3. The summed E-state index contributed by atoms with van der Waals surface area (Å²) in [6.07, 6.45) is 7.12. The second-order valence-electron chi connectivity index (χ2n) is 19.5. The van der Waals surface area contributed by atoms with E-state index in [2.05, 4.69) is 5.32 Å². The summed E-state index contributed by atoms with van der Waals surface area (Å²) in [5, 5.41) is 47.3. The Balaban J connectivity index is 1.71. The molecule has 1 aliphatic carbocycles. The number of methoxy groups -OCH3 is 2. The molecule has 3 aliphatic heterocycles. The third kappa shape index (κ3) is 14.9. The van der Waals surface area contributed by atoms with E-state index in [1.807, 2.05) is 13.0 Å². The number of aliphatic hydroxyl groups is 4. The first-order chi connectivity index (χ1) is 31.6. The number of nitrogens with two attached hydrogens (primary N) is 1. The number of nitrogens with zero attached hydrogens (tertiary/aromatic N) is 1. The van der Waals surface area contributed by atoms with Gasteiger partial charge in [-0.2, -0.15) is 0 Å². The fraction of sp³-hybridized carbons (Fsp3) is 0.720. The predicted molar refractivity (Wildman–Crippen MR) is 248 cm³/mol. The molecule has 7 N–H and O–H groups in total. The fourth-order valence-electron chi connectivity index (χ4n) is 9.80. The third-order valence-electron chi connectivity index (χ3n) is 14.2. The highest BCUT2D eigenvalue weighted by Gasteiger charge is 2.53. The van der Waals surface area contributed by atoms with Crippen molar-refractivity contribution in [2.45, 2.75) is 179 Å². The third-order valence-corrected chi connectivity index (χ3v) is 14.2. The Kier molecular flexibility index (Phi) is 21.1. The van der Waals surface area contributed by atoms with E-state index in [-0.39, 0.29) is 43.2 Å². The van der Waals surface area contributed by atoms with Crippen LogP contribution in [0.1, 0.15) is 119 Å². The molecular formula is C50H77N3O14. The van der Waals surface area contributed by atoms with Crippen molar-refractivity contribution in [3.63, 3.8) is 0 Å². The summed E-state index contributed by atoms with van der Waals surface area (Å²) in [5.74, 6) is -9.22. The Labute approximate surface area is 395 Å². The van der Waals surface area contributed by atoms with E-state index in [4.69, 9.17) is 24.7 Å². The van der Waals surface area contributed by atoms with E-state index in [0.29, 0.717) is 63.4 Å². The molecule has 15 atom stereocenters. The summed E-state index contributed by atoms with van der Waals surface area (Å²) < 4.78 is 22.6. The summed E-state index contributed by atoms with van der Waals surface area (Å²) in [6.45, 7) is 10.1. The van der Waals surface area contributed by atoms with Gasteiger partial charge in [0, 0.05) is 43.9 Å². The molecule has 0 spiro atoms. The zero-order valence-corrected chi connectivity index (χ0v) is 40.6. The van der Waals surface area contributed by atoms with E-state index in [1.165, 1.54) is 27.2 Å². The highest BCUT2D eigenvalue weighted by atomic mass is 16.6. The number of hydrogen-bond donors (Lipinski definition) is 6. The fourth-order valence-corrected chi connectivity index (χ4v) is 9.80. The number of ether oxygens (including phenoxy) is 4. The van der Waals surface area contributed by atoms with Crippen LogP contribution < -0.4 is 11.1 Å². The van der Waals surface area contributed by atoms with E-state index >= 15 is 0 Å². The van der Waals surface area contributed by atoms with Gasteiger partial charge < -0.3 is 55.3 Å². The lowest BCUT2D eigenvalue weighted by molar-refractivity contribution is -0.264. The summed E-state index contributed by atoms with van der Waals surface area (Å²) in [6, 6.07) is -2.81. The molecule has 1 unspecified atom stereocenters. The summed E-state index contributed by atoms with van der Waals surface area (Å²) in [7, 11) is 2.74. The zero-order chi connectivity index (χ0) is 49.7. The monoisotopic (exact) mass is 944 g/mol. The predicted octanol–water partition coefficient (Wildman–Crippen LogP) is 3.93. The van der Waals surface area contributed by atoms with Crippen LogP contribution in [0.2, 0.25) is 0 Å². The number of amides is 2. The molecule has 2 amide bonds. The van der Waals surface area contributed by atoms with Crippen LogP contribution in [-0.4, -0.2) is 142 Å². The lowest BCUT2D eigenvalue weighted by Gasteiger charge is -2.43. The minimum atomic E-state index is -2.55. The standard InChI is InChI=1S/C50H77N3O14/c1-28-14-10-9-11-15-29(2)37(52-49(62)65-8)26-35-19-17-33(6)50(63,67-35)46(59)47(60)53-21-13-12-16-38(53)48(61)66-41(36(51)24-34-18-20-39(54)42(25-34)64-7)27-40(55)30(3)23-32(5)44(57)45(58)43(56)31(4)22-28/h9-11,14-15,23,28,30-31,33-39,41-42,44-45,54,57-58,63H,12-13,16-22,24-27,51H2,1-8H3,(H,52,62)/b11-9?,14-10+,29-15?,32-23+/t28-,30-,31-,33-,34+,35+,36-,37?,38+,39-,41+,42-,44-,45+,50-/m1/s1. The molecular weight excluding hydrogens is 867 g/mol. The van der Waals surface area contributed by atoms with Crippen molar-refractivity contribution in [1.82, 2.24) is 10.2 Å². The van der Waals surface area contributed by atoms with E-state index in [1.54, 1.807) is 52.0 Å². The Morgan fingerprint density at radius 2 is 1.63 bits per heavy atom. The number of ketones is 3. The lowest BCUT2D eigenvalue weighted by Crippen LogP contribution is -2.61. The maximum Gasteiger partial charge on any atom is 0.407 e. The second-order valence-corrected chi connectivity index (χ2v) is 19.5. The molecule has 376 valence electrons. The van der Waals surface area contributed by atoms with Crippen LogP contribution >= 0.6 is 0 Å². The molecule has 0 aromatic rings. The minimum absolute atomic E-state index is 0.00395. The molecule has 2 saturated heterocycles. The van der Waals surface area contributed by atoms with E-state index in [0.717, 1.165) is 4.90 Å². The van der Waals surface area contributed by atoms with Crippen molar-refractivity contribution in [3.8, 4) is 0 Å². The van der Waals surface area contributed by atoms with Crippen molar-refractivity contribution >= 4 is 35.3 Å². The van der Waals surface area contributed by atoms with Gasteiger partial charge in [0.2, 0.25) is 5.79 Å². The summed E-state index contributed by atoms with van der Waals surface area (Å²) >= 11 is 0. The molecule has 0 radical (unpaired) electrons. The number of fused-ring (bicyclic) bond motifs is 3. The number of cyclic esters (lactones) is 1. The van der Waals surface area contributed by atoms with Gasteiger partial charge >= 0.3 is 12.1 Å². The first-order valence-electron chi connectivity index (χ1n) is 24.0. The number of esters is 1. The van der Waals surface area contributed by atoms with Crippen LogP contribution in [-0.2, 0) is 42.9 Å². The number of carbonyl (C=O) groups is 6. The van der Waals surface area contributed by atoms with Crippen LogP contribution in [0.3, 0.4) is 0 Å². The van der Waals surface area contributed by atoms with Crippen LogP contribution in [0.5, 0.6) is 0 Å². The quantitative estimate of drug-likeness (QED) is 0.130. The molecule has 3 heterocycles. The Hall–Kier alpha value is -4.10. The number of allylic oxidation sites excluding steroid dienone is 6. The molecule has 3 fully saturated rings. The number of aliphatic hydroxyl groups excluding tert-OH is 3. The van der Waals surface area contributed by atoms with E-state index in [9.17, 15) is 49.2 Å². The van der Waals surface area contributed by atoms with Gasteiger partial charge in [-0.1, -0.05) is 69.7 Å². The van der Waals surface area contributed by atoms with Crippen molar-refractivity contribution in [1.29, 1.82) is 0 Å². The maximum absolute atomic E-state index is 14.3. The van der Waals surface area contributed by atoms with Crippen molar-refractivity contribution in [2.24, 2.45) is 35.3 Å². The average molecular weight is 944 g/mol. The van der Waals surface area contributed by atoms with Gasteiger partial charge in [0.05, 0.1) is 31.5 Å². The molecule has 4 aliphatic rings. The SMILES string of the molecule is COC(=O)NC1C[C@@H]2CC[C@@H](C)[C@@](O)(O2)C(=O)C(=O)N2CCCC[C@H]2C(=O)O[C@H]([C@H](N)C[C@@H]2CC[C@@H](O)[C@H](OC)C2)CC(=O)[C@H](C)/C=C(\C)[C@@H](O)[C@@H](O)C(=O)[C@H](C)C[C@H](C)/C=C/C=CC=C1C. The zero-order valence-electron chi connectivity index (χ0n) is 40.6. The molecule has 4 rings (SSSR count).